The van der Waals surface area contributed by atoms with Gasteiger partial charge in [0.25, 0.3) is 0 Å². The molecule has 0 aliphatic carbocycles. The number of aromatic nitrogens is 2. The topological polar surface area (TPSA) is 51.0 Å². The van der Waals surface area contributed by atoms with Crippen molar-refractivity contribution in [1.29, 1.82) is 0 Å². The van der Waals surface area contributed by atoms with Crippen molar-refractivity contribution >= 4 is 11.7 Å². The van der Waals surface area contributed by atoms with Gasteiger partial charge in [-0.15, -0.1) is 5.10 Å². The molecule has 0 fully saturated rings. The molecule has 0 saturated heterocycles. The Morgan fingerprint density at radius 2 is 1.57 bits per heavy atom. The van der Waals surface area contributed by atoms with Crippen LogP contribution in [-0.4, -0.2) is 10.2 Å². The van der Waals surface area contributed by atoms with Gasteiger partial charge in [-0.3, -0.25) is 0 Å². The van der Waals surface area contributed by atoms with E-state index < -0.39 is 0 Å². The summed E-state index contributed by atoms with van der Waals surface area (Å²) < 4.78 is 5.74. The Balaban J connectivity index is 1.92. The number of aryl methyl sites for hydroxylation is 3. The van der Waals surface area contributed by atoms with Crippen molar-refractivity contribution in [2.24, 2.45) is 0 Å². The highest BCUT2D eigenvalue weighted by Crippen LogP contribution is 2.28. The summed E-state index contributed by atoms with van der Waals surface area (Å²) in [7, 11) is 0. The Morgan fingerprint density at radius 1 is 0.905 bits per heavy atom. The van der Waals surface area contributed by atoms with Crippen LogP contribution in [0, 0.1) is 20.8 Å². The molecule has 106 valence electrons. The molecule has 1 aromatic heterocycles. The average molecular weight is 279 g/mol. The van der Waals surface area contributed by atoms with Crippen LogP contribution in [0.5, 0.6) is 0 Å². The van der Waals surface area contributed by atoms with Crippen LogP contribution >= 0.6 is 0 Å². The van der Waals surface area contributed by atoms with Crippen molar-refractivity contribution in [2.45, 2.75) is 20.8 Å². The third-order valence-corrected chi connectivity index (χ3v) is 3.34. The normalized spacial score (nSPS) is 10.6. The van der Waals surface area contributed by atoms with Gasteiger partial charge in [0.1, 0.15) is 0 Å². The first-order valence-electron chi connectivity index (χ1n) is 6.87. The molecule has 1 heterocycles. The van der Waals surface area contributed by atoms with E-state index in [-0.39, 0.29) is 0 Å². The summed E-state index contributed by atoms with van der Waals surface area (Å²) in [5, 5.41) is 11.3. The van der Waals surface area contributed by atoms with Crippen LogP contribution in [0.15, 0.2) is 46.9 Å². The van der Waals surface area contributed by atoms with Gasteiger partial charge in [-0.05, 0) is 44.0 Å². The van der Waals surface area contributed by atoms with Gasteiger partial charge in [0.2, 0.25) is 5.89 Å². The summed E-state index contributed by atoms with van der Waals surface area (Å²) in [4.78, 5) is 0. The maximum atomic E-state index is 5.74. The lowest BCUT2D eigenvalue weighted by atomic mass is 10.00. The lowest BCUT2D eigenvalue weighted by molar-refractivity contribution is 0.587. The van der Waals surface area contributed by atoms with Gasteiger partial charge in [-0.2, -0.15) is 0 Å². The zero-order valence-corrected chi connectivity index (χ0v) is 12.3. The first-order chi connectivity index (χ1) is 10.1. The largest absolute Gasteiger partial charge is 0.403 e. The van der Waals surface area contributed by atoms with Crippen molar-refractivity contribution < 1.29 is 4.42 Å². The number of nitrogens with one attached hydrogen (secondary N) is 1. The molecular weight excluding hydrogens is 262 g/mol. The molecule has 3 rings (SSSR count). The Labute approximate surface area is 123 Å². The van der Waals surface area contributed by atoms with Crippen molar-refractivity contribution in [1.82, 2.24) is 10.2 Å². The van der Waals surface area contributed by atoms with Gasteiger partial charge in [-0.25, -0.2) is 0 Å². The first kappa shape index (κ1) is 13.4. The highest BCUT2D eigenvalue weighted by Gasteiger charge is 2.14. The predicted molar refractivity (Wildman–Crippen MR) is 83.7 cm³/mol. The third-order valence-electron chi connectivity index (χ3n) is 3.34. The Morgan fingerprint density at radius 3 is 2.24 bits per heavy atom. The van der Waals surface area contributed by atoms with Gasteiger partial charge in [-0.1, -0.05) is 41.0 Å². The molecule has 0 radical (unpaired) electrons. The van der Waals surface area contributed by atoms with Crippen LogP contribution in [0.25, 0.3) is 11.5 Å². The zero-order chi connectivity index (χ0) is 14.8. The quantitative estimate of drug-likeness (QED) is 0.771. The summed E-state index contributed by atoms with van der Waals surface area (Å²) in [6, 6.07) is 14.4. The maximum absolute atomic E-state index is 5.74. The van der Waals surface area contributed by atoms with E-state index in [2.05, 4.69) is 48.4 Å². The predicted octanol–water partition coefficient (Wildman–Crippen LogP) is 4.41. The van der Waals surface area contributed by atoms with Gasteiger partial charge < -0.3 is 9.73 Å². The molecule has 0 aliphatic rings. The number of nitrogens with zero attached hydrogens (tertiary/aromatic N) is 2. The van der Waals surface area contributed by atoms with Crippen molar-refractivity contribution in [3.63, 3.8) is 0 Å². The second-order valence-electron chi connectivity index (χ2n) is 5.18. The number of hydrogen-bond donors (Lipinski definition) is 1. The van der Waals surface area contributed by atoms with Crippen molar-refractivity contribution in [3.05, 3.63) is 59.2 Å². The van der Waals surface area contributed by atoms with Crippen LogP contribution in [-0.2, 0) is 0 Å². The highest BCUT2D eigenvalue weighted by atomic mass is 16.4. The van der Waals surface area contributed by atoms with Gasteiger partial charge in [0.05, 0.1) is 0 Å². The second kappa shape index (κ2) is 5.40. The summed E-state index contributed by atoms with van der Waals surface area (Å²) in [6.07, 6.45) is 0. The second-order valence-corrected chi connectivity index (χ2v) is 5.18. The molecule has 2 aromatic carbocycles. The minimum atomic E-state index is 0.399. The maximum Gasteiger partial charge on any atom is 0.320 e. The fourth-order valence-electron chi connectivity index (χ4n) is 2.54. The molecular formula is C17H17N3O. The average Bonchev–Trinajstić information content (AvgIpc) is 2.87. The number of rotatable bonds is 3. The highest BCUT2D eigenvalue weighted by molar-refractivity contribution is 5.64. The fourth-order valence-corrected chi connectivity index (χ4v) is 2.54. The fraction of sp³-hybridized carbons (Fsp3) is 0.176. The molecule has 3 aromatic rings. The summed E-state index contributed by atoms with van der Waals surface area (Å²) in [6.45, 7) is 6.20. The first-order valence-corrected chi connectivity index (χ1v) is 6.87. The lowest BCUT2D eigenvalue weighted by Crippen LogP contribution is -1.90. The molecule has 1 N–H and O–H groups in total. The molecule has 0 bridgehead atoms. The molecule has 0 aliphatic heterocycles. The summed E-state index contributed by atoms with van der Waals surface area (Å²) in [5.41, 5.74) is 5.44. The molecule has 0 spiro atoms. The number of hydrogen-bond acceptors (Lipinski definition) is 4. The van der Waals surface area contributed by atoms with E-state index in [1.807, 2.05) is 30.3 Å². The van der Waals surface area contributed by atoms with E-state index in [1.54, 1.807) is 0 Å². The summed E-state index contributed by atoms with van der Waals surface area (Å²) in [5.74, 6) is 0.545. The molecule has 0 saturated carbocycles. The Bertz CT molecular complexity index is 740. The van der Waals surface area contributed by atoms with Crippen LogP contribution < -0.4 is 5.32 Å². The third kappa shape index (κ3) is 2.79. The SMILES string of the molecule is Cc1cc(C)c(-c2nnc(Nc3ccccc3)o2)c(C)c1. The van der Waals surface area contributed by atoms with Crippen LogP contribution in [0.1, 0.15) is 16.7 Å². The van der Waals surface area contributed by atoms with E-state index in [1.165, 1.54) is 5.56 Å². The Kier molecular flexibility index (Phi) is 3.44. The monoisotopic (exact) mass is 279 g/mol. The molecule has 0 unspecified atom stereocenters. The van der Waals surface area contributed by atoms with E-state index in [9.17, 15) is 0 Å². The molecule has 4 nitrogen and oxygen atoms in total. The van der Waals surface area contributed by atoms with Crippen LogP contribution in [0.4, 0.5) is 11.7 Å². The number of benzene rings is 2. The smallest absolute Gasteiger partial charge is 0.320 e. The van der Waals surface area contributed by atoms with E-state index in [0.29, 0.717) is 11.9 Å². The van der Waals surface area contributed by atoms with E-state index in [4.69, 9.17) is 4.42 Å². The minimum absolute atomic E-state index is 0.399. The van der Waals surface area contributed by atoms with Gasteiger partial charge in [0, 0.05) is 11.3 Å². The molecule has 0 atom stereocenters. The summed E-state index contributed by atoms with van der Waals surface area (Å²) >= 11 is 0. The van der Waals surface area contributed by atoms with Crippen LogP contribution in [0.3, 0.4) is 0 Å². The minimum Gasteiger partial charge on any atom is -0.403 e. The van der Waals surface area contributed by atoms with Gasteiger partial charge >= 0.3 is 6.01 Å². The molecule has 4 heteroatoms. The van der Waals surface area contributed by atoms with Crippen LogP contribution in [0.2, 0.25) is 0 Å². The Hall–Kier alpha value is -2.62. The van der Waals surface area contributed by atoms with E-state index >= 15 is 0 Å². The standard InChI is InChI=1S/C17H17N3O/c1-11-9-12(2)15(13(3)10-11)16-19-20-17(21-16)18-14-7-5-4-6-8-14/h4-10H,1-3H3,(H,18,20). The van der Waals surface area contributed by atoms with Crippen molar-refractivity contribution in [2.75, 3.05) is 5.32 Å². The number of para-hydroxylation sites is 1. The lowest BCUT2D eigenvalue weighted by Gasteiger charge is -2.07. The van der Waals surface area contributed by atoms with Gasteiger partial charge in [0.15, 0.2) is 0 Å². The number of anilines is 2. The molecule has 21 heavy (non-hydrogen) atoms. The van der Waals surface area contributed by atoms with Crippen molar-refractivity contribution in [3.8, 4) is 11.5 Å². The molecule has 0 amide bonds. The zero-order valence-electron chi connectivity index (χ0n) is 12.3. The van der Waals surface area contributed by atoms with E-state index in [0.717, 1.165) is 22.4 Å².